The number of hydrogen-bond donors (Lipinski definition) is 1. The highest BCUT2D eigenvalue weighted by atomic mass is 35.5. The average molecular weight is 395 g/mol. The molecule has 144 valence electrons. The van der Waals surface area contributed by atoms with Crippen molar-refractivity contribution in [2.45, 2.75) is 25.9 Å². The molecule has 2 amide bonds. The number of piperazine rings is 1. The van der Waals surface area contributed by atoms with Crippen LogP contribution in [0.1, 0.15) is 25.5 Å². The van der Waals surface area contributed by atoms with Crippen LogP contribution >= 0.6 is 11.6 Å². The molecule has 3 rings (SSSR count). The minimum Gasteiger partial charge on any atom is -0.365 e. The van der Waals surface area contributed by atoms with Crippen LogP contribution in [0.3, 0.4) is 0 Å². The number of halogens is 3. The van der Waals surface area contributed by atoms with E-state index < -0.39 is 11.9 Å². The van der Waals surface area contributed by atoms with Gasteiger partial charge in [0.1, 0.15) is 5.82 Å². The summed E-state index contributed by atoms with van der Waals surface area (Å²) in [6.45, 7) is 5.12. The highest BCUT2D eigenvalue weighted by molar-refractivity contribution is 6.31. The predicted octanol–water partition coefficient (Wildman–Crippen LogP) is 3.99. The summed E-state index contributed by atoms with van der Waals surface area (Å²) in [5.41, 5.74) is 1.01. The number of anilines is 1. The van der Waals surface area contributed by atoms with E-state index in [0.717, 1.165) is 0 Å². The summed E-state index contributed by atoms with van der Waals surface area (Å²) in [4.78, 5) is 20.0. The maximum Gasteiger partial charge on any atom is 0.318 e. The van der Waals surface area contributed by atoms with Crippen molar-refractivity contribution in [3.63, 3.8) is 0 Å². The van der Waals surface area contributed by atoms with Crippen molar-refractivity contribution in [1.82, 2.24) is 15.2 Å². The van der Waals surface area contributed by atoms with Crippen molar-refractivity contribution in [2.24, 2.45) is 0 Å². The first-order valence-electron chi connectivity index (χ1n) is 8.74. The van der Waals surface area contributed by atoms with Crippen molar-refractivity contribution in [2.75, 3.05) is 24.5 Å². The molecular formula is C19H21ClF2N4O. The molecule has 0 spiro atoms. The van der Waals surface area contributed by atoms with Crippen LogP contribution in [0.2, 0.25) is 5.02 Å². The minimum atomic E-state index is -0.517. The Bertz CT molecular complexity index is 835. The molecule has 0 unspecified atom stereocenters. The predicted molar refractivity (Wildman–Crippen MR) is 101 cm³/mol. The highest BCUT2D eigenvalue weighted by Crippen LogP contribution is 2.26. The largest absolute Gasteiger partial charge is 0.365 e. The van der Waals surface area contributed by atoms with Gasteiger partial charge in [0, 0.05) is 31.9 Å². The summed E-state index contributed by atoms with van der Waals surface area (Å²) in [5, 5.41) is 2.87. The van der Waals surface area contributed by atoms with Gasteiger partial charge in [0.2, 0.25) is 0 Å². The number of nitrogens with one attached hydrogen (secondary N) is 1. The second-order valence-corrected chi connectivity index (χ2v) is 7.01. The standard InChI is InChI=1S/C19H21ClF2N4O/c1-12-11-25(17-6-7-23-10-16(17)22)8-9-26(12)19(27)24-13(2)14-4-3-5-15(21)18(14)20/h3-7,10,12-13H,8-9,11H2,1-2H3,(H,24,27)/t12-,13-/m1/s1. The molecule has 1 fully saturated rings. The molecule has 0 radical (unpaired) electrons. The summed E-state index contributed by atoms with van der Waals surface area (Å²) in [6.07, 6.45) is 2.73. The molecule has 1 N–H and O–H groups in total. The molecule has 8 heteroatoms. The number of rotatable bonds is 3. The Morgan fingerprint density at radius 2 is 2.07 bits per heavy atom. The van der Waals surface area contributed by atoms with E-state index in [9.17, 15) is 13.6 Å². The Hall–Kier alpha value is -2.41. The number of amides is 2. The first-order chi connectivity index (χ1) is 12.9. The molecule has 0 bridgehead atoms. The number of pyridine rings is 1. The van der Waals surface area contributed by atoms with Gasteiger partial charge in [0.25, 0.3) is 0 Å². The van der Waals surface area contributed by atoms with Crippen LogP contribution < -0.4 is 10.2 Å². The van der Waals surface area contributed by atoms with E-state index >= 15 is 0 Å². The van der Waals surface area contributed by atoms with Gasteiger partial charge in [-0.2, -0.15) is 0 Å². The van der Waals surface area contributed by atoms with Gasteiger partial charge >= 0.3 is 6.03 Å². The van der Waals surface area contributed by atoms with E-state index in [1.807, 2.05) is 11.8 Å². The van der Waals surface area contributed by atoms with Crippen LogP contribution in [0.5, 0.6) is 0 Å². The molecule has 1 saturated heterocycles. The van der Waals surface area contributed by atoms with Crippen LogP contribution in [-0.2, 0) is 0 Å². The molecule has 0 aliphatic carbocycles. The van der Waals surface area contributed by atoms with Crippen LogP contribution in [0.25, 0.3) is 0 Å². The van der Waals surface area contributed by atoms with Gasteiger partial charge in [0.05, 0.1) is 22.9 Å². The maximum atomic E-state index is 13.9. The van der Waals surface area contributed by atoms with Crippen LogP contribution in [0.4, 0.5) is 19.3 Å². The molecule has 1 aromatic carbocycles. The molecule has 2 heterocycles. The third kappa shape index (κ3) is 4.13. The molecule has 27 heavy (non-hydrogen) atoms. The Morgan fingerprint density at radius 1 is 1.30 bits per heavy atom. The van der Waals surface area contributed by atoms with Crippen molar-refractivity contribution in [1.29, 1.82) is 0 Å². The molecule has 5 nitrogen and oxygen atoms in total. The third-order valence-electron chi connectivity index (χ3n) is 4.77. The zero-order valence-corrected chi connectivity index (χ0v) is 15.9. The van der Waals surface area contributed by atoms with Crippen molar-refractivity contribution >= 4 is 23.3 Å². The third-order valence-corrected chi connectivity index (χ3v) is 5.17. The van der Waals surface area contributed by atoms with E-state index in [1.165, 1.54) is 12.3 Å². The topological polar surface area (TPSA) is 48.5 Å². The maximum absolute atomic E-state index is 13.9. The highest BCUT2D eigenvalue weighted by Gasteiger charge is 2.29. The van der Waals surface area contributed by atoms with Crippen molar-refractivity contribution < 1.29 is 13.6 Å². The number of aromatic nitrogens is 1. The van der Waals surface area contributed by atoms with Gasteiger partial charge in [-0.05, 0) is 31.5 Å². The summed E-state index contributed by atoms with van der Waals surface area (Å²) in [5.74, 6) is -0.895. The summed E-state index contributed by atoms with van der Waals surface area (Å²) >= 11 is 6.00. The second-order valence-electron chi connectivity index (χ2n) is 6.63. The lowest BCUT2D eigenvalue weighted by atomic mass is 10.1. The number of hydrogen-bond acceptors (Lipinski definition) is 3. The van der Waals surface area contributed by atoms with E-state index in [1.54, 1.807) is 36.2 Å². The van der Waals surface area contributed by atoms with Crippen molar-refractivity contribution in [3.05, 3.63) is 58.9 Å². The van der Waals surface area contributed by atoms with E-state index in [0.29, 0.717) is 30.9 Å². The normalized spacial score (nSPS) is 18.3. The second kappa shape index (κ2) is 8.08. The molecule has 1 aliphatic rings. The quantitative estimate of drug-likeness (QED) is 0.856. The Kier molecular flexibility index (Phi) is 5.79. The fourth-order valence-corrected chi connectivity index (χ4v) is 3.59. The van der Waals surface area contributed by atoms with Crippen molar-refractivity contribution in [3.8, 4) is 0 Å². The number of urea groups is 1. The van der Waals surface area contributed by atoms with E-state index in [2.05, 4.69) is 10.3 Å². The average Bonchev–Trinajstić information content (AvgIpc) is 2.64. The number of benzene rings is 1. The zero-order chi connectivity index (χ0) is 19.6. The van der Waals surface area contributed by atoms with Gasteiger partial charge in [-0.25, -0.2) is 13.6 Å². The fourth-order valence-electron chi connectivity index (χ4n) is 3.30. The smallest absolute Gasteiger partial charge is 0.318 e. The first-order valence-corrected chi connectivity index (χ1v) is 9.11. The van der Waals surface area contributed by atoms with Crippen LogP contribution in [0, 0.1) is 11.6 Å². The Labute approximate surface area is 161 Å². The lowest BCUT2D eigenvalue weighted by Gasteiger charge is -2.41. The van der Waals surface area contributed by atoms with Gasteiger partial charge in [-0.3, -0.25) is 4.98 Å². The van der Waals surface area contributed by atoms with Gasteiger partial charge in [0.15, 0.2) is 5.82 Å². The zero-order valence-electron chi connectivity index (χ0n) is 15.1. The Balaban J connectivity index is 1.65. The van der Waals surface area contributed by atoms with Gasteiger partial charge in [-0.15, -0.1) is 0 Å². The van der Waals surface area contributed by atoms with Crippen LogP contribution in [-0.4, -0.2) is 41.6 Å². The molecular weight excluding hydrogens is 374 g/mol. The molecule has 2 atom stereocenters. The number of carbonyl (C=O) groups excluding carboxylic acids is 1. The number of carbonyl (C=O) groups is 1. The molecule has 0 saturated carbocycles. The SMILES string of the molecule is C[C@@H]1CN(c2ccncc2F)CCN1C(=O)N[C@H](C)c1cccc(F)c1Cl. The summed E-state index contributed by atoms with van der Waals surface area (Å²) in [6, 6.07) is 5.33. The summed E-state index contributed by atoms with van der Waals surface area (Å²) < 4.78 is 27.6. The molecule has 1 aliphatic heterocycles. The monoisotopic (exact) mass is 394 g/mol. The summed E-state index contributed by atoms with van der Waals surface area (Å²) in [7, 11) is 0. The molecule has 1 aromatic heterocycles. The fraction of sp³-hybridized carbons (Fsp3) is 0.368. The minimum absolute atomic E-state index is 0.0105. The van der Waals surface area contributed by atoms with E-state index in [4.69, 9.17) is 11.6 Å². The molecule has 2 aromatic rings. The number of nitrogens with zero attached hydrogens (tertiary/aromatic N) is 3. The van der Waals surface area contributed by atoms with E-state index in [-0.39, 0.29) is 22.9 Å². The Morgan fingerprint density at radius 3 is 2.78 bits per heavy atom. The van der Waals surface area contributed by atoms with Gasteiger partial charge < -0.3 is 15.1 Å². The van der Waals surface area contributed by atoms with Gasteiger partial charge in [-0.1, -0.05) is 23.7 Å². The lowest BCUT2D eigenvalue weighted by Crippen LogP contribution is -2.57. The first kappa shape index (κ1) is 19.4. The van der Waals surface area contributed by atoms with Crippen LogP contribution in [0.15, 0.2) is 36.7 Å². The lowest BCUT2D eigenvalue weighted by molar-refractivity contribution is 0.168.